The number of nitrogens with zero attached hydrogens (tertiary/aromatic N) is 2. The van der Waals surface area contributed by atoms with Crippen LogP contribution in [0.2, 0.25) is 25.1 Å². The third-order valence-corrected chi connectivity index (χ3v) is 10.1. The van der Waals surface area contributed by atoms with Gasteiger partial charge in [0.1, 0.15) is 12.6 Å². The maximum Gasteiger partial charge on any atom is 0.244 e. The van der Waals surface area contributed by atoms with Crippen molar-refractivity contribution in [1.82, 2.24) is 10.2 Å². The Morgan fingerprint density at radius 1 is 0.837 bits per heavy atom. The maximum absolute atomic E-state index is 14.2. The second kappa shape index (κ2) is 14.7. The third-order valence-electron chi connectivity index (χ3n) is 7.25. The Morgan fingerprint density at radius 2 is 1.47 bits per heavy atom. The normalized spacial score (nSPS) is 14.4. The SMILES string of the molecule is CS(=O)(=O)N(CC(=O)N(Cc1ccc(Cl)c(Cl)c1)[C@H](Cc1ccccc1)C(=O)NC1CCCC1)c1cc(Cl)c(Cl)cc1Cl. The first kappa shape index (κ1) is 33.7. The van der Waals surface area contributed by atoms with Crippen molar-refractivity contribution in [2.45, 2.75) is 50.7 Å². The monoisotopic (exact) mass is 703 g/mol. The molecule has 0 unspecified atom stereocenters. The standard InChI is InChI=1S/C30H30Cl5N3O4S/c1-43(41,42)38(27-16-25(34)24(33)15-26(27)35)18-29(39)37(17-20-11-12-22(31)23(32)13-20)28(14-19-7-3-2-4-8-19)30(40)36-21-9-5-6-10-21/h2-4,7-8,11-13,15-16,21,28H,5-6,9-10,14,17-18H2,1H3,(H,36,40)/t28-/m1/s1. The van der Waals surface area contributed by atoms with E-state index in [-0.39, 0.29) is 50.7 Å². The van der Waals surface area contributed by atoms with Gasteiger partial charge in [-0.2, -0.15) is 0 Å². The van der Waals surface area contributed by atoms with Gasteiger partial charge in [0.25, 0.3) is 0 Å². The van der Waals surface area contributed by atoms with Gasteiger partial charge in [-0.1, -0.05) is 107 Å². The fourth-order valence-electron chi connectivity index (χ4n) is 5.05. The molecule has 3 aromatic carbocycles. The van der Waals surface area contributed by atoms with Crippen LogP contribution in [0.25, 0.3) is 0 Å². The van der Waals surface area contributed by atoms with Crippen molar-refractivity contribution in [2.75, 3.05) is 17.1 Å². The number of carbonyl (C=O) groups is 2. The lowest BCUT2D eigenvalue weighted by atomic mass is 10.0. The molecule has 3 aromatic rings. The zero-order valence-corrected chi connectivity index (χ0v) is 27.8. The second-order valence-corrected chi connectivity index (χ2v) is 14.4. The Morgan fingerprint density at radius 3 is 2.09 bits per heavy atom. The minimum Gasteiger partial charge on any atom is -0.352 e. The van der Waals surface area contributed by atoms with E-state index in [2.05, 4.69) is 5.32 Å². The number of amides is 2. The Kier molecular flexibility index (Phi) is 11.5. The smallest absolute Gasteiger partial charge is 0.244 e. The third kappa shape index (κ3) is 8.93. The van der Waals surface area contributed by atoms with Crippen molar-refractivity contribution < 1.29 is 18.0 Å². The predicted octanol–water partition coefficient (Wildman–Crippen LogP) is 7.42. The van der Waals surface area contributed by atoms with E-state index in [1.54, 1.807) is 18.2 Å². The second-order valence-electron chi connectivity index (χ2n) is 10.5. The molecular formula is C30H30Cl5N3O4S. The number of hydrogen-bond donors (Lipinski definition) is 1. The zero-order valence-electron chi connectivity index (χ0n) is 23.2. The quantitative estimate of drug-likeness (QED) is 0.211. The molecular weight excluding hydrogens is 676 g/mol. The van der Waals surface area contributed by atoms with Crippen LogP contribution in [0.4, 0.5) is 5.69 Å². The summed E-state index contributed by atoms with van der Waals surface area (Å²) >= 11 is 31.1. The van der Waals surface area contributed by atoms with Crippen LogP contribution in [-0.4, -0.2) is 50.0 Å². The first-order valence-corrected chi connectivity index (χ1v) is 17.3. The fraction of sp³-hybridized carbons (Fsp3) is 0.333. The van der Waals surface area contributed by atoms with E-state index in [9.17, 15) is 18.0 Å². The van der Waals surface area contributed by atoms with Crippen LogP contribution >= 0.6 is 58.0 Å². The van der Waals surface area contributed by atoms with E-state index in [0.29, 0.717) is 10.6 Å². The Labute approximate surface area is 277 Å². The van der Waals surface area contributed by atoms with E-state index in [1.165, 1.54) is 17.0 Å². The van der Waals surface area contributed by atoms with Crippen LogP contribution in [0.1, 0.15) is 36.8 Å². The molecule has 43 heavy (non-hydrogen) atoms. The van der Waals surface area contributed by atoms with Crippen LogP contribution in [0.3, 0.4) is 0 Å². The molecule has 0 heterocycles. The lowest BCUT2D eigenvalue weighted by molar-refractivity contribution is -0.140. The molecule has 1 aliphatic carbocycles. The van der Waals surface area contributed by atoms with Crippen molar-refractivity contribution in [2.24, 2.45) is 0 Å². The van der Waals surface area contributed by atoms with Gasteiger partial charge in [-0.05, 0) is 48.2 Å². The van der Waals surface area contributed by atoms with Crippen molar-refractivity contribution in [1.29, 1.82) is 0 Å². The highest BCUT2D eigenvalue weighted by atomic mass is 35.5. The number of halogens is 5. The van der Waals surface area contributed by atoms with Gasteiger partial charge in [0.15, 0.2) is 0 Å². The van der Waals surface area contributed by atoms with Crippen LogP contribution in [0.15, 0.2) is 60.7 Å². The lowest BCUT2D eigenvalue weighted by Crippen LogP contribution is -2.54. The van der Waals surface area contributed by atoms with Crippen molar-refractivity contribution >= 4 is 85.5 Å². The van der Waals surface area contributed by atoms with Gasteiger partial charge in [-0.15, -0.1) is 0 Å². The Balaban J connectivity index is 1.77. The van der Waals surface area contributed by atoms with Gasteiger partial charge in [-0.3, -0.25) is 13.9 Å². The minimum absolute atomic E-state index is 0.00441. The summed E-state index contributed by atoms with van der Waals surface area (Å²) in [5, 5.41) is 3.91. The van der Waals surface area contributed by atoms with Crippen LogP contribution in [0.5, 0.6) is 0 Å². The van der Waals surface area contributed by atoms with E-state index in [0.717, 1.165) is 41.8 Å². The zero-order chi connectivity index (χ0) is 31.3. The average Bonchev–Trinajstić information content (AvgIpc) is 3.46. The fourth-order valence-corrected chi connectivity index (χ4v) is 6.92. The number of benzene rings is 3. The number of rotatable bonds is 11. The van der Waals surface area contributed by atoms with E-state index < -0.39 is 28.5 Å². The van der Waals surface area contributed by atoms with Gasteiger partial charge in [-0.25, -0.2) is 8.42 Å². The summed E-state index contributed by atoms with van der Waals surface area (Å²) < 4.78 is 26.9. The lowest BCUT2D eigenvalue weighted by Gasteiger charge is -2.34. The summed E-state index contributed by atoms with van der Waals surface area (Å²) in [5.74, 6) is -0.969. The first-order chi connectivity index (χ1) is 20.3. The molecule has 7 nitrogen and oxygen atoms in total. The van der Waals surface area contributed by atoms with Crippen molar-refractivity contribution in [3.05, 3.63) is 96.9 Å². The van der Waals surface area contributed by atoms with Gasteiger partial charge < -0.3 is 10.2 Å². The van der Waals surface area contributed by atoms with E-state index in [1.807, 2.05) is 30.3 Å². The van der Waals surface area contributed by atoms with Gasteiger partial charge in [0, 0.05) is 19.0 Å². The number of nitrogens with one attached hydrogen (secondary N) is 1. The molecule has 1 saturated carbocycles. The molecule has 0 spiro atoms. The highest BCUT2D eigenvalue weighted by molar-refractivity contribution is 7.92. The largest absolute Gasteiger partial charge is 0.352 e. The highest BCUT2D eigenvalue weighted by Crippen LogP contribution is 2.36. The Hall–Kier alpha value is -2.20. The molecule has 2 amide bonds. The molecule has 0 aromatic heterocycles. The summed E-state index contributed by atoms with van der Waals surface area (Å²) in [7, 11) is -4.05. The summed E-state index contributed by atoms with van der Waals surface area (Å²) in [6, 6.07) is 15.8. The Bertz CT molecular complexity index is 1580. The van der Waals surface area contributed by atoms with Crippen LogP contribution < -0.4 is 9.62 Å². The van der Waals surface area contributed by atoms with Gasteiger partial charge >= 0.3 is 0 Å². The molecule has 0 bridgehead atoms. The van der Waals surface area contributed by atoms with E-state index in [4.69, 9.17) is 58.0 Å². The van der Waals surface area contributed by atoms with Gasteiger partial charge in [0.2, 0.25) is 21.8 Å². The number of hydrogen-bond acceptors (Lipinski definition) is 4. The maximum atomic E-state index is 14.2. The number of carbonyl (C=O) groups excluding carboxylic acids is 2. The highest BCUT2D eigenvalue weighted by Gasteiger charge is 2.35. The van der Waals surface area contributed by atoms with Crippen molar-refractivity contribution in [3.8, 4) is 0 Å². The molecule has 1 N–H and O–H groups in total. The topological polar surface area (TPSA) is 86.8 Å². The van der Waals surface area contributed by atoms with Crippen molar-refractivity contribution in [3.63, 3.8) is 0 Å². The number of anilines is 1. The molecule has 4 rings (SSSR count). The summed E-state index contributed by atoms with van der Waals surface area (Å²) in [4.78, 5) is 29.5. The van der Waals surface area contributed by atoms with Crippen LogP contribution in [0, 0.1) is 0 Å². The number of sulfonamides is 1. The molecule has 230 valence electrons. The molecule has 13 heteroatoms. The predicted molar refractivity (Wildman–Crippen MR) is 175 cm³/mol. The van der Waals surface area contributed by atoms with E-state index >= 15 is 0 Å². The molecule has 1 aliphatic rings. The summed E-state index contributed by atoms with van der Waals surface area (Å²) in [6.45, 7) is -0.697. The molecule has 1 atom stereocenters. The molecule has 1 fully saturated rings. The molecule has 0 aliphatic heterocycles. The first-order valence-electron chi connectivity index (χ1n) is 13.5. The molecule has 0 radical (unpaired) electrons. The minimum atomic E-state index is -4.05. The molecule has 0 saturated heterocycles. The van der Waals surface area contributed by atoms with Crippen LogP contribution in [-0.2, 0) is 32.6 Å². The van der Waals surface area contributed by atoms with Gasteiger partial charge in [0.05, 0.1) is 37.1 Å². The average molecular weight is 706 g/mol. The summed E-state index contributed by atoms with van der Waals surface area (Å²) in [6.07, 6.45) is 4.86. The summed E-state index contributed by atoms with van der Waals surface area (Å²) in [5.41, 5.74) is 1.41.